The van der Waals surface area contributed by atoms with Crippen LogP contribution < -0.4 is 0 Å². The van der Waals surface area contributed by atoms with Crippen LogP contribution in [-0.4, -0.2) is 41.5 Å². The number of hydrogen-bond acceptors (Lipinski definition) is 4. The van der Waals surface area contributed by atoms with Gasteiger partial charge in [0, 0.05) is 24.4 Å². The molecule has 0 N–H and O–H groups in total. The average molecular weight is 379 g/mol. The third kappa shape index (κ3) is 11.8. The molecule has 0 radical (unpaired) electrons. The summed E-state index contributed by atoms with van der Waals surface area (Å²) in [7, 11) is -4.20. The molecule has 146 valence electrons. The summed E-state index contributed by atoms with van der Waals surface area (Å²) in [4.78, 5) is 0. The quantitative estimate of drug-likeness (QED) is 0.308. The first-order chi connectivity index (χ1) is 10.9. The van der Waals surface area contributed by atoms with Crippen LogP contribution in [0.4, 0.5) is 0 Å². The Bertz CT molecular complexity index is 281. The smallest absolute Gasteiger partial charge is 0.335 e. The van der Waals surface area contributed by atoms with Gasteiger partial charge >= 0.3 is 17.1 Å². The van der Waals surface area contributed by atoms with Crippen molar-refractivity contribution in [3.05, 3.63) is 0 Å². The number of unbranched alkanes of at least 4 members (excludes halogenated alkanes) is 1. The molecule has 6 heteroatoms. The predicted molar refractivity (Wildman–Crippen MR) is 107 cm³/mol. The standard InChI is InChI=1S/C18H42O4Si2/c1-15(2)19-23(9,20-16(3)4)13-11-12-14-24(10,21-17(5)6)22-18(7)8/h15-18H,11-14H2,1-10H3. The second kappa shape index (κ2) is 11.1. The van der Waals surface area contributed by atoms with E-state index in [9.17, 15) is 0 Å². The van der Waals surface area contributed by atoms with Crippen LogP contribution in [0.5, 0.6) is 0 Å². The van der Waals surface area contributed by atoms with Crippen molar-refractivity contribution >= 4 is 17.1 Å². The Morgan fingerprint density at radius 2 is 0.708 bits per heavy atom. The van der Waals surface area contributed by atoms with E-state index in [-0.39, 0.29) is 24.4 Å². The lowest BCUT2D eigenvalue weighted by Crippen LogP contribution is -2.44. The zero-order valence-electron chi connectivity index (χ0n) is 17.8. The van der Waals surface area contributed by atoms with E-state index < -0.39 is 17.1 Å². The summed E-state index contributed by atoms with van der Waals surface area (Å²) in [6, 6.07) is 2.05. The molecule has 0 aliphatic carbocycles. The molecule has 0 unspecified atom stereocenters. The number of hydrogen-bond donors (Lipinski definition) is 0. The first-order valence-electron chi connectivity index (χ1n) is 9.59. The Hall–Kier alpha value is 0.274. The van der Waals surface area contributed by atoms with Crippen molar-refractivity contribution in [1.29, 1.82) is 0 Å². The molecule has 0 bridgehead atoms. The summed E-state index contributed by atoms with van der Waals surface area (Å²) in [5.74, 6) is 0. The van der Waals surface area contributed by atoms with Gasteiger partial charge in [-0.25, -0.2) is 0 Å². The van der Waals surface area contributed by atoms with Crippen LogP contribution in [0, 0.1) is 0 Å². The Morgan fingerprint density at radius 3 is 0.875 bits per heavy atom. The molecular formula is C18H42O4Si2. The van der Waals surface area contributed by atoms with Crippen LogP contribution in [-0.2, 0) is 17.7 Å². The maximum atomic E-state index is 6.18. The highest BCUT2D eigenvalue weighted by Crippen LogP contribution is 2.25. The molecule has 0 saturated heterocycles. The second-order valence-electron chi connectivity index (χ2n) is 8.14. The largest absolute Gasteiger partial charge is 0.392 e. The molecule has 4 nitrogen and oxygen atoms in total. The summed E-state index contributed by atoms with van der Waals surface area (Å²) in [6.45, 7) is 21.1. The molecule has 24 heavy (non-hydrogen) atoms. The summed E-state index contributed by atoms with van der Waals surface area (Å²) in [5, 5.41) is 0. The topological polar surface area (TPSA) is 36.9 Å². The minimum absolute atomic E-state index is 0.216. The average Bonchev–Trinajstić information content (AvgIpc) is 2.30. The third-order valence-electron chi connectivity index (χ3n) is 3.45. The Labute approximate surface area is 153 Å². The monoisotopic (exact) mass is 378 g/mol. The van der Waals surface area contributed by atoms with Crippen LogP contribution in [0.25, 0.3) is 0 Å². The second-order valence-corrected chi connectivity index (χ2v) is 14.6. The van der Waals surface area contributed by atoms with Gasteiger partial charge in [0.05, 0.1) is 0 Å². The molecule has 0 aliphatic rings. The summed E-state index contributed by atoms with van der Waals surface area (Å²) < 4.78 is 24.7. The first-order valence-corrected chi connectivity index (χ1v) is 14.6. The maximum absolute atomic E-state index is 6.18. The molecule has 0 aromatic carbocycles. The summed E-state index contributed by atoms with van der Waals surface area (Å²) >= 11 is 0. The number of rotatable bonds is 13. The maximum Gasteiger partial charge on any atom is 0.335 e. The van der Waals surface area contributed by atoms with Gasteiger partial charge in [-0.15, -0.1) is 0 Å². The lowest BCUT2D eigenvalue weighted by atomic mass is 10.4. The van der Waals surface area contributed by atoms with E-state index in [1.165, 1.54) is 0 Å². The van der Waals surface area contributed by atoms with Gasteiger partial charge in [-0.1, -0.05) is 12.8 Å². The van der Waals surface area contributed by atoms with Gasteiger partial charge in [0.25, 0.3) is 0 Å². The highest BCUT2D eigenvalue weighted by Gasteiger charge is 2.36. The van der Waals surface area contributed by atoms with Gasteiger partial charge in [-0.3, -0.25) is 0 Å². The molecule has 0 aliphatic heterocycles. The molecule has 0 fully saturated rings. The molecule has 0 rings (SSSR count). The Morgan fingerprint density at radius 1 is 0.500 bits per heavy atom. The molecule has 0 saturated carbocycles. The molecule has 0 aromatic heterocycles. The van der Waals surface area contributed by atoms with E-state index in [0.29, 0.717) is 0 Å². The van der Waals surface area contributed by atoms with Crippen LogP contribution >= 0.6 is 0 Å². The van der Waals surface area contributed by atoms with Crippen LogP contribution in [0.1, 0.15) is 68.2 Å². The molecule has 0 aromatic rings. The highest BCUT2D eigenvalue weighted by atomic mass is 28.4. The van der Waals surface area contributed by atoms with Crippen molar-refractivity contribution < 1.29 is 17.7 Å². The highest BCUT2D eigenvalue weighted by molar-refractivity contribution is 6.66. The zero-order valence-corrected chi connectivity index (χ0v) is 19.8. The molecule has 0 amide bonds. The predicted octanol–water partition coefficient (Wildman–Crippen LogP) is 5.61. The van der Waals surface area contributed by atoms with E-state index >= 15 is 0 Å². The fourth-order valence-electron chi connectivity index (χ4n) is 3.18. The Balaban J connectivity index is 4.56. The van der Waals surface area contributed by atoms with E-state index in [1.54, 1.807) is 0 Å². The lowest BCUT2D eigenvalue weighted by molar-refractivity contribution is 0.105. The Kier molecular flexibility index (Phi) is 11.2. The van der Waals surface area contributed by atoms with Gasteiger partial charge in [0.2, 0.25) is 0 Å². The SMILES string of the molecule is CC(C)O[Si](C)(CCCC[Si](C)(OC(C)C)OC(C)C)OC(C)C. The van der Waals surface area contributed by atoms with Crippen molar-refractivity contribution in [3.8, 4) is 0 Å². The molecular weight excluding hydrogens is 336 g/mol. The summed E-state index contributed by atoms with van der Waals surface area (Å²) in [5.41, 5.74) is 0. The first kappa shape index (κ1) is 24.3. The molecule has 0 spiro atoms. The molecule has 0 atom stereocenters. The minimum Gasteiger partial charge on any atom is -0.392 e. The van der Waals surface area contributed by atoms with Gasteiger partial charge in [0.1, 0.15) is 0 Å². The van der Waals surface area contributed by atoms with Crippen molar-refractivity contribution in [2.75, 3.05) is 0 Å². The van der Waals surface area contributed by atoms with Crippen molar-refractivity contribution in [1.82, 2.24) is 0 Å². The van der Waals surface area contributed by atoms with Gasteiger partial charge in [-0.05, 0) is 80.6 Å². The zero-order chi connectivity index (χ0) is 19.0. The van der Waals surface area contributed by atoms with Gasteiger partial charge in [0.15, 0.2) is 0 Å². The van der Waals surface area contributed by atoms with Crippen molar-refractivity contribution in [3.63, 3.8) is 0 Å². The summed E-state index contributed by atoms with van der Waals surface area (Å²) in [6.07, 6.45) is 3.07. The van der Waals surface area contributed by atoms with Crippen LogP contribution in [0.3, 0.4) is 0 Å². The normalized spacial score (nSPS) is 13.8. The van der Waals surface area contributed by atoms with Crippen molar-refractivity contribution in [2.24, 2.45) is 0 Å². The third-order valence-corrected chi connectivity index (χ3v) is 9.86. The van der Waals surface area contributed by atoms with Gasteiger partial charge in [-0.2, -0.15) is 0 Å². The van der Waals surface area contributed by atoms with E-state index in [1.807, 2.05) is 0 Å². The van der Waals surface area contributed by atoms with Gasteiger partial charge < -0.3 is 17.7 Å². The fourth-order valence-corrected chi connectivity index (χ4v) is 9.53. The van der Waals surface area contributed by atoms with Crippen molar-refractivity contribution in [2.45, 2.75) is 118 Å². The van der Waals surface area contributed by atoms with Crippen LogP contribution in [0.15, 0.2) is 0 Å². The lowest BCUT2D eigenvalue weighted by Gasteiger charge is -2.33. The minimum atomic E-state index is -2.10. The van der Waals surface area contributed by atoms with E-state index in [2.05, 4.69) is 68.5 Å². The van der Waals surface area contributed by atoms with E-state index in [0.717, 1.165) is 24.9 Å². The fraction of sp³-hybridized carbons (Fsp3) is 1.00. The molecule has 0 heterocycles. The van der Waals surface area contributed by atoms with Crippen LogP contribution in [0.2, 0.25) is 25.2 Å². The van der Waals surface area contributed by atoms with E-state index in [4.69, 9.17) is 17.7 Å².